The van der Waals surface area contributed by atoms with Gasteiger partial charge in [-0.25, -0.2) is 0 Å². The third-order valence-electron chi connectivity index (χ3n) is 2.19. The van der Waals surface area contributed by atoms with E-state index in [2.05, 4.69) is 3.12 Å². The minimum absolute atomic E-state index is 0.380. The van der Waals surface area contributed by atoms with Gasteiger partial charge in [-0.1, -0.05) is 0 Å². The Balaban J connectivity index is 2.13. The van der Waals surface area contributed by atoms with Crippen LogP contribution in [-0.2, 0) is 0 Å². The molecule has 1 N–H and O–H groups in total. The summed E-state index contributed by atoms with van der Waals surface area (Å²) in [5.74, 6) is 0.814. The van der Waals surface area contributed by atoms with E-state index in [1.54, 1.807) is 0 Å². The fourth-order valence-corrected chi connectivity index (χ4v) is 2.28. The van der Waals surface area contributed by atoms with Crippen molar-refractivity contribution in [3.63, 3.8) is 0 Å². The summed E-state index contributed by atoms with van der Waals surface area (Å²) in [6.45, 7) is 2.92. The molecule has 58 valence electrons. The Bertz CT molecular complexity index is 91.6. The molecule has 0 aliphatic carbocycles. The van der Waals surface area contributed by atoms with Crippen LogP contribution in [0, 0.1) is 5.92 Å². The molecular weight excluding hydrogens is 233 g/mol. The SMILES string of the molecule is OCCC1CC[N]([SnH])CC1. The van der Waals surface area contributed by atoms with Crippen molar-refractivity contribution in [2.24, 2.45) is 5.92 Å². The van der Waals surface area contributed by atoms with Crippen molar-refractivity contribution in [3.8, 4) is 0 Å². The van der Waals surface area contributed by atoms with E-state index in [0.717, 1.165) is 12.3 Å². The fraction of sp³-hybridized carbons (Fsp3) is 1.00. The van der Waals surface area contributed by atoms with E-state index in [9.17, 15) is 0 Å². The molecule has 1 heterocycles. The van der Waals surface area contributed by atoms with Crippen molar-refractivity contribution >= 4 is 22.8 Å². The van der Waals surface area contributed by atoms with Crippen LogP contribution < -0.4 is 0 Å². The van der Waals surface area contributed by atoms with Gasteiger partial charge in [0.2, 0.25) is 0 Å². The number of nitrogens with zero attached hydrogens (tertiary/aromatic N) is 1. The van der Waals surface area contributed by atoms with Crippen LogP contribution >= 0.6 is 0 Å². The van der Waals surface area contributed by atoms with E-state index >= 15 is 0 Å². The van der Waals surface area contributed by atoms with E-state index in [4.69, 9.17) is 5.11 Å². The predicted molar refractivity (Wildman–Crippen MR) is 43.1 cm³/mol. The molecule has 2 nitrogen and oxygen atoms in total. The molecule has 0 amide bonds. The summed E-state index contributed by atoms with van der Waals surface area (Å²) in [4.78, 5) is 0. The molecule has 1 aliphatic heterocycles. The third kappa shape index (κ3) is 2.76. The average molecular weight is 248 g/mol. The van der Waals surface area contributed by atoms with Crippen LogP contribution in [-0.4, -0.2) is 50.7 Å². The molecule has 1 rings (SSSR count). The Morgan fingerprint density at radius 2 is 2.00 bits per heavy atom. The van der Waals surface area contributed by atoms with Crippen LogP contribution in [0.5, 0.6) is 0 Å². The van der Waals surface area contributed by atoms with Crippen molar-refractivity contribution in [3.05, 3.63) is 0 Å². The molecule has 1 saturated heterocycles. The topological polar surface area (TPSA) is 23.5 Å². The summed E-state index contributed by atoms with van der Waals surface area (Å²) in [5, 5.41) is 8.68. The van der Waals surface area contributed by atoms with E-state index in [1.807, 2.05) is 0 Å². The standard InChI is InChI=1S/C7H14NO.Sn.H/c9-6-3-7-1-4-8-5-2-7;;/h7,9H,1-6H2;;/q-1;+1;. The fourth-order valence-electron chi connectivity index (χ4n) is 1.42. The first-order valence-corrected chi connectivity index (χ1v) is 5.41. The van der Waals surface area contributed by atoms with Gasteiger partial charge in [-0.15, -0.1) is 0 Å². The molecule has 1 aliphatic rings. The number of piperidine rings is 1. The van der Waals surface area contributed by atoms with Gasteiger partial charge in [-0.2, -0.15) is 0 Å². The van der Waals surface area contributed by atoms with Gasteiger partial charge < -0.3 is 0 Å². The first kappa shape index (κ1) is 8.81. The van der Waals surface area contributed by atoms with Gasteiger partial charge in [-0.05, 0) is 0 Å². The first-order chi connectivity index (χ1) is 4.83. The molecule has 0 aromatic rings. The number of hydrogen-bond donors (Lipinski definition) is 1. The zero-order chi connectivity index (χ0) is 7.40. The number of rotatable bonds is 2. The van der Waals surface area contributed by atoms with Crippen molar-refractivity contribution < 1.29 is 5.11 Å². The Hall–Kier alpha value is 0.719. The van der Waals surface area contributed by atoms with Crippen molar-refractivity contribution in [1.82, 2.24) is 3.12 Å². The van der Waals surface area contributed by atoms with Crippen LogP contribution in [0.15, 0.2) is 0 Å². The Labute approximate surface area is 76.0 Å². The third-order valence-corrected chi connectivity index (χ3v) is 3.66. The van der Waals surface area contributed by atoms with E-state index in [-0.39, 0.29) is 0 Å². The van der Waals surface area contributed by atoms with Crippen LogP contribution in [0.2, 0.25) is 0 Å². The van der Waals surface area contributed by atoms with E-state index in [1.165, 1.54) is 48.7 Å². The molecule has 0 aromatic carbocycles. The van der Waals surface area contributed by atoms with Crippen molar-refractivity contribution in [2.75, 3.05) is 19.7 Å². The molecule has 0 atom stereocenters. The number of aliphatic hydroxyl groups is 1. The van der Waals surface area contributed by atoms with Gasteiger partial charge in [-0.3, -0.25) is 0 Å². The van der Waals surface area contributed by atoms with Crippen molar-refractivity contribution in [1.29, 1.82) is 0 Å². The zero-order valence-corrected chi connectivity index (χ0v) is 9.59. The summed E-state index contributed by atoms with van der Waals surface area (Å²) in [7, 11) is 0. The molecule has 0 spiro atoms. The molecule has 0 saturated carbocycles. The molecule has 0 unspecified atom stereocenters. The molecule has 0 bridgehead atoms. The summed E-state index contributed by atoms with van der Waals surface area (Å²) >= 11 is 1.28. The second kappa shape index (κ2) is 4.57. The summed E-state index contributed by atoms with van der Waals surface area (Å²) in [6.07, 6.45) is 3.64. The van der Waals surface area contributed by atoms with Crippen molar-refractivity contribution in [2.45, 2.75) is 19.3 Å². The summed E-state index contributed by atoms with van der Waals surface area (Å²) < 4.78 is 2.49. The predicted octanol–water partition coefficient (Wildman–Crippen LogP) is -0.103. The van der Waals surface area contributed by atoms with E-state index in [0.29, 0.717) is 6.61 Å². The molecule has 3 heteroatoms. The van der Waals surface area contributed by atoms with E-state index < -0.39 is 0 Å². The number of aliphatic hydroxyl groups excluding tert-OH is 1. The zero-order valence-electron chi connectivity index (χ0n) is 6.29. The summed E-state index contributed by atoms with van der Waals surface area (Å²) in [6, 6.07) is 0. The Kier molecular flexibility index (Phi) is 4.02. The second-order valence-corrected chi connectivity index (χ2v) is 5.08. The van der Waals surface area contributed by atoms with Crippen LogP contribution in [0.1, 0.15) is 19.3 Å². The van der Waals surface area contributed by atoms with Gasteiger partial charge in [0, 0.05) is 0 Å². The maximum absolute atomic E-state index is 8.68. The van der Waals surface area contributed by atoms with Crippen LogP contribution in [0.3, 0.4) is 0 Å². The minimum atomic E-state index is 0.380. The quantitative estimate of drug-likeness (QED) is 0.689. The molecule has 0 aromatic heterocycles. The molecule has 10 heavy (non-hydrogen) atoms. The molecule has 2 radical (unpaired) electrons. The molecule has 1 fully saturated rings. The number of hydrogen-bond acceptors (Lipinski definition) is 2. The van der Waals surface area contributed by atoms with Gasteiger partial charge in [0.15, 0.2) is 0 Å². The van der Waals surface area contributed by atoms with Crippen LogP contribution in [0.4, 0.5) is 0 Å². The normalized spacial score (nSPS) is 23.4. The Morgan fingerprint density at radius 1 is 1.40 bits per heavy atom. The van der Waals surface area contributed by atoms with Gasteiger partial charge >= 0.3 is 75.9 Å². The molecular formula is C7H15NOSn. The van der Waals surface area contributed by atoms with Crippen LogP contribution in [0.25, 0.3) is 0 Å². The monoisotopic (exact) mass is 249 g/mol. The van der Waals surface area contributed by atoms with Gasteiger partial charge in [0.1, 0.15) is 0 Å². The van der Waals surface area contributed by atoms with Gasteiger partial charge in [0.05, 0.1) is 0 Å². The second-order valence-electron chi connectivity index (χ2n) is 2.99. The maximum atomic E-state index is 8.68. The average Bonchev–Trinajstić information content (AvgIpc) is 1.95. The summed E-state index contributed by atoms with van der Waals surface area (Å²) in [5.41, 5.74) is 0. The Morgan fingerprint density at radius 3 is 2.50 bits per heavy atom. The van der Waals surface area contributed by atoms with Gasteiger partial charge in [0.25, 0.3) is 0 Å². The first-order valence-electron chi connectivity index (χ1n) is 3.93.